The molecule has 2 rings (SSSR count). The minimum Gasteiger partial charge on any atom is -0.463 e. The van der Waals surface area contributed by atoms with Crippen LogP contribution in [0.25, 0.3) is 0 Å². The molecular weight excluding hydrogens is 556 g/mol. The highest BCUT2D eigenvalue weighted by atomic mass is 28.4. The maximum atomic E-state index is 12.5. The number of esters is 2. The Hall–Kier alpha value is -1.63. The summed E-state index contributed by atoms with van der Waals surface area (Å²) in [6, 6.07) is -0.141. The van der Waals surface area contributed by atoms with Gasteiger partial charge in [-0.15, -0.1) is 0 Å². The molecule has 0 aromatic carbocycles. The van der Waals surface area contributed by atoms with Gasteiger partial charge in [0.1, 0.15) is 68.2 Å². The summed E-state index contributed by atoms with van der Waals surface area (Å²) < 4.78 is 32.2. The highest BCUT2D eigenvalue weighted by Gasteiger charge is 2.46. The zero-order chi connectivity index (χ0) is 29.7. The summed E-state index contributed by atoms with van der Waals surface area (Å²) in [5.74, 6) is -1.25. The Balaban J connectivity index is 1.82. The van der Waals surface area contributed by atoms with Crippen LogP contribution in [0, 0.1) is 12.5 Å². The van der Waals surface area contributed by atoms with E-state index in [0.717, 1.165) is 0 Å². The van der Waals surface area contributed by atoms with Gasteiger partial charge in [0.05, 0.1) is 18.2 Å². The highest BCUT2D eigenvalue weighted by Crippen LogP contribution is 2.26. The van der Waals surface area contributed by atoms with Crippen molar-refractivity contribution >= 4 is 28.6 Å². The van der Waals surface area contributed by atoms with Gasteiger partial charge >= 0.3 is 11.9 Å². The van der Waals surface area contributed by atoms with Gasteiger partial charge < -0.3 is 58.4 Å². The SMILES string of the molecule is C#COC1OC(COC(=O)C[Si](C)(C)O[Si](C)(C)CC(=O)OCC2OC(C)C(O)C(O)C2O)C(O)C(O)C1O. The normalized spacial score (nSPS) is 35.5. The van der Waals surface area contributed by atoms with E-state index in [2.05, 4.69) is 0 Å². The largest absolute Gasteiger partial charge is 0.463 e. The first-order valence-corrected chi connectivity index (χ1v) is 18.7. The van der Waals surface area contributed by atoms with Gasteiger partial charge in [-0.25, -0.2) is 0 Å². The number of aliphatic hydroxyl groups excluding tert-OH is 6. The van der Waals surface area contributed by atoms with E-state index in [-0.39, 0.29) is 18.7 Å². The molecule has 2 aliphatic heterocycles. The molecule has 0 aromatic heterocycles. The van der Waals surface area contributed by atoms with Crippen LogP contribution in [0.5, 0.6) is 0 Å². The summed E-state index contributed by atoms with van der Waals surface area (Å²) in [6.45, 7) is 7.89. The van der Waals surface area contributed by atoms with Crippen LogP contribution in [-0.4, -0.2) is 134 Å². The number of carbonyl (C=O) groups excluding carboxylic acids is 2. The number of aliphatic hydroxyl groups is 6. The second-order valence-corrected chi connectivity index (χ2v) is 19.5. The third kappa shape index (κ3) is 9.47. The van der Waals surface area contributed by atoms with Crippen molar-refractivity contribution in [1.82, 2.24) is 0 Å². The van der Waals surface area contributed by atoms with Crippen molar-refractivity contribution in [1.29, 1.82) is 0 Å². The summed E-state index contributed by atoms with van der Waals surface area (Å²) in [5, 5.41) is 59.7. The summed E-state index contributed by atoms with van der Waals surface area (Å²) in [6.07, 6.45) is -6.40. The number of rotatable bonds is 11. The lowest BCUT2D eigenvalue weighted by molar-refractivity contribution is -0.285. The van der Waals surface area contributed by atoms with Gasteiger partial charge in [0.2, 0.25) is 6.29 Å². The van der Waals surface area contributed by atoms with Crippen molar-refractivity contribution in [3.63, 3.8) is 0 Å². The molecule has 224 valence electrons. The Morgan fingerprint density at radius 3 is 1.64 bits per heavy atom. The lowest BCUT2D eigenvalue weighted by atomic mass is 9.96. The van der Waals surface area contributed by atoms with Gasteiger partial charge in [-0.05, 0) is 33.1 Å². The maximum absolute atomic E-state index is 12.5. The molecule has 0 bridgehead atoms. The number of terminal acetylenes is 1. The molecule has 2 fully saturated rings. The molecule has 0 saturated carbocycles. The van der Waals surface area contributed by atoms with Crippen LogP contribution in [0.2, 0.25) is 38.3 Å². The lowest BCUT2D eigenvalue weighted by Crippen LogP contribution is -2.59. The molecule has 0 spiro atoms. The Morgan fingerprint density at radius 1 is 0.744 bits per heavy atom. The first-order valence-electron chi connectivity index (χ1n) is 12.5. The monoisotopic (exact) mass is 596 g/mol. The van der Waals surface area contributed by atoms with E-state index in [4.69, 9.17) is 34.2 Å². The third-order valence-electron chi connectivity index (χ3n) is 6.31. The molecule has 39 heavy (non-hydrogen) atoms. The van der Waals surface area contributed by atoms with Crippen molar-refractivity contribution in [3.05, 3.63) is 0 Å². The van der Waals surface area contributed by atoms with Crippen LogP contribution in [0.1, 0.15) is 6.92 Å². The lowest BCUT2D eigenvalue weighted by Gasteiger charge is -2.39. The van der Waals surface area contributed by atoms with Crippen LogP contribution in [0.15, 0.2) is 0 Å². The molecular formula is C23H40O14Si2. The van der Waals surface area contributed by atoms with Gasteiger partial charge in [0, 0.05) is 0 Å². The van der Waals surface area contributed by atoms with Crippen LogP contribution < -0.4 is 0 Å². The van der Waals surface area contributed by atoms with Crippen molar-refractivity contribution in [2.24, 2.45) is 0 Å². The fourth-order valence-electron chi connectivity index (χ4n) is 4.46. The second-order valence-electron chi connectivity index (χ2n) is 10.9. The topological polar surface area (TPSA) is 211 Å². The molecule has 2 heterocycles. The molecule has 16 heteroatoms. The molecule has 0 aliphatic carbocycles. The van der Waals surface area contributed by atoms with E-state index >= 15 is 0 Å². The van der Waals surface area contributed by atoms with Gasteiger partial charge in [-0.2, -0.15) is 0 Å². The van der Waals surface area contributed by atoms with E-state index in [1.165, 1.54) is 6.92 Å². The Bertz CT molecular complexity index is 879. The molecule has 14 nitrogen and oxygen atoms in total. The van der Waals surface area contributed by atoms with E-state index in [0.29, 0.717) is 0 Å². The third-order valence-corrected chi connectivity index (χ3v) is 13.0. The Morgan fingerprint density at radius 2 is 1.18 bits per heavy atom. The fraction of sp³-hybridized carbons (Fsp3) is 0.826. The molecule has 0 amide bonds. The molecule has 2 aliphatic rings. The van der Waals surface area contributed by atoms with Crippen LogP contribution >= 0.6 is 0 Å². The van der Waals surface area contributed by atoms with Crippen LogP contribution in [0.3, 0.4) is 0 Å². The number of carbonyl (C=O) groups is 2. The van der Waals surface area contributed by atoms with Gasteiger partial charge in [0.25, 0.3) is 0 Å². The van der Waals surface area contributed by atoms with Crippen LogP contribution in [-0.2, 0) is 37.4 Å². The van der Waals surface area contributed by atoms with E-state index in [9.17, 15) is 40.2 Å². The fourth-order valence-corrected chi connectivity index (χ4v) is 12.6. The molecule has 0 aromatic rings. The Kier molecular flexibility index (Phi) is 11.9. The summed E-state index contributed by atoms with van der Waals surface area (Å²) in [4.78, 5) is 25.0. The standard InChI is InChI=1S/C23H40O14Si2/c1-7-32-23-22(31)21(30)19(28)14(36-23)9-34-16(25)11-39(5,6)37-38(3,4)10-15(24)33-8-13-18(27)20(29)17(26)12(2)35-13/h1,12-14,17-23,26-31H,8-11H2,2-6H3. The predicted octanol–water partition coefficient (Wildman–Crippen LogP) is -2.22. The van der Waals surface area contributed by atoms with Crippen molar-refractivity contribution < 1.29 is 68.0 Å². The smallest absolute Gasteiger partial charge is 0.305 e. The highest BCUT2D eigenvalue weighted by molar-refractivity contribution is 6.87. The van der Waals surface area contributed by atoms with E-state index in [1.54, 1.807) is 26.2 Å². The van der Waals surface area contributed by atoms with E-state index < -0.39 is 96.4 Å². The van der Waals surface area contributed by atoms with Gasteiger partial charge in [-0.1, -0.05) is 6.42 Å². The Labute approximate surface area is 229 Å². The molecule has 10 atom stereocenters. The zero-order valence-electron chi connectivity index (χ0n) is 22.6. The first-order chi connectivity index (χ1) is 18.0. The molecule has 2 saturated heterocycles. The summed E-state index contributed by atoms with van der Waals surface area (Å²) >= 11 is 0. The molecule has 6 N–H and O–H groups in total. The number of hydrogen-bond acceptors (Lipinski definition) is 14. The van der Waals surface area contributed by atoms with Gasteiger partial charge in [0.15, 0.2) is 16.6 Å². The van der Waals surface area contributed by atoms with Crippen molar-refractivity contribution in [3.8, 4) is 12.5 Å². The van der Waals surface area contributed by atoms with Crippen molar-refractivity contribution in [2.45, 2.75) is 106 Å². The second kappa shape index (κ2) is 13.8. The minimum absolute atomic E-state index is 0.0546. The average molecular weight is 597 g/mol. The summed E-state index contributed by atoms with van der Waals surface area (Å²) in [7, 11) is -5.39. The van der Waals surface area contributed by atoms with Gasteiger partial charge in [-0.3, -0.25) is 9.59 Å². The predicted molar refractivity (Wildman–Crippen MR) is 137 cm³/mol. The minimum atomic E-state index is -2.71. The quantitative estimate of drug-likeness (QED) is 0.0848. The zero-order valence-corrected chi connectivity index (χ0v) is 24.6. The van der Waals surface area contributed by atoms with Crippen molar-refractivity contribution in [2.75, 3.05) is 13.2 Å². The molecule has 10 unspecified atom stereocenters. The number of hydrogen-bond donors (Lipinski definition) is 6. The van der Waals surface area contributed by atoms with E-state index in [1.807, 2.05) is 6.11 Å². The average Bonchev–Trinajstić information content (AvgIpc) is 2.82. The number of ether oxygens (including phenoxy) is 5. The molecule has 0 radical (unpaired) electrons. The van der Waals surface area contributed by atoms with Crippen LogP contribution in [0.4, 0.5) is 0 Å². The maximum Gasteiger partial charge on any atom is 0.305 e. The summed E-state index contributed by atoms with van der Waals surface area (Å²) in [5.41, 5.74) is 0. The first kappa shape index (κ1) is 33.6.